The fourth-order valence-electron chi connectivity index (χ4n) is 2.54. The number of carbonyl (C=O) groups excluding carboxylic acids is 2. The zero-order chi connectivity index (χ0) is 18.5. The van der Waals surface area contributed by atoms with Crippen molar-refractivity contribution in [3.8, 4) is 5.75 Å². The minimum absolute atomic E-state index is 0.0294. The van der Waals surface area contributed by atoms with Crippen molar-refractivity contribution < 1.29 is 28.2 Å². The van der Waals surface area contributed by atoms with Gasteiger partial charge in [-0.1, -0.05) is 30.3 Å². The number of carbonyl (C=O) groups is 2. The molecule has 136 valence electrons. The van der Waals surface area contributed by atoms with E-state index in [0.717, 1.165) is 5.56 Å². The van der Waals surface area contributed by atoms with E-state index < -0.39 is 24.0 Å². The Morgan fingerprint density at radius 1 is 1.27 bits per heavy atom. The summed E-state index contributed by atoms with van der Waals surface area (Å²) >= 11 is 0. The molecule has 0 saturated carbocycles. The standard InChI is InChI=1S/C19H18FNO5/c1-13(22)24-12-16-10-21(19(23)26-16)15-7-8-18(17(20)9-15)25-11-14-5-3-2-4-6-14/h2-9,16H,10-12H2,1H3. The minimum Gasteiger partial charge on any atom is -0.486 e. The van der Waals surface area contributed by atoms with Crippen LogP contribution in [-0.2, 0) is 20.9 Å². The number of esters is 1. The van der Waals surface area contributed by atoms with Gasteiger partial charge in [-0.25, -0.2) is 9.18 Å². The van der Waals surface area contributed by atoms with E-state index in [9.17, 15) is 14.0 Å². The number of hydrogen-bond acceptors (Lipinski definition) is 5. The van der Waals surface area contributed by atoms with Crippen molar-refractivity contribution in [2.75, 3.05) is 18.1 Å². The highest BCUT2D eigenvalue weighted by molar-refractivity contribution is 5.89. The van der Waals surface area contributed by atoms with Crippen LogP contribution in [0.15, 0.2) is 48.5 Å². The number of halogens is 1. The molecule has 6 nitrogen and oxygen atoms in total. The van der Waals surface area contributed by atoms with Crippen molar-refractivity contribution in [3.63, 3.8) is 0 Å². The predicted octanol–water partition coefficient (Wildman–Crippen LogP) is 3.29. The summed E-state index contributed by atoms with van der Waals surface area (Å²) in [6.45, 7) is 1.67. The fraction of sp³-hybridized carbons (Fsp3) is 0.263. The second-order valence-corrected chi connectivity index (χ2v) is 5.81. The van der Waals surface area contributed by atoms with E-state index in [-0.39, 0.29) is 25.5 Å². The molecule has 26 heavy (non-hydrogen) atoms. The van der Waals surface area contributed by atoms with E-state index in [2.05, 4.69) is 0 Å². The molecule has 1 atom stereocenters. The third-order valence-electron chi connectivity index (χ3n) is 3.81. The van der Waals surface area contributed by atoms with Crippen LogP contribution >= 0.6 is 0 Å². The van der Waals surface area contributed by atoms with E-state index in [4.69, 9.17) is 14.2 Å². The van der Waals surface area contributed by atoms with Crippen LogP contribution in [-0.4, -0.2) is 31.3 Å². The Morgan fingerprint density at radius 2 is 2.04 bits per heavy atom. The SMILES string of the molecule is CC(=O)OCC1CN(c2ccc(OCc3ccccc3)c(F)c2)C(=O)O1. The number of rotatable bonds is 6. The molecule has 2 aromatic carbocycles. The maximum Gasteiger partial charge on any atom is 0.414 e. The molecule has 0 bridgehead atoms. The molecule has 3 rings (SSSR count). The van der Waals surface area contributed by atoms with Crippen LogP contribution in [0.4, 0.5) is 14.9 Å². The third-order valence-corrected chi connectivity index (χ3v) is 3.81. The molecule has 2 aromatic rings. The summed E-state index contributed by atoms with van der Waals surface area (Å²) in [5.41, 5.74) is 1.28. The highest BCUT2D eigenvalue weighted by Crippen LogP contribution is 2.27. The van der Waals surface area contributed by atoms with Crippen LogP contribution in [0.3, 0.4) is 0 Å². The van der Waals surface area contributed by atoms with E-state index >= 15 is 0 Å². The summed E-state index contributed by atoms with van der Waals surface area (Å²) in [5.74, 6) is -0.929. The lowest BCUT2D eigenvalue weighted by Crippen LogP contribution is -2.26. The second kappa shape index (κ2) is 7.86. The van der Waals surface area contributed by atoms with Gasteiger partial charge in [0.1, 0.15) is 13.2 Å². The van der Waals surface area contributed by atoms with Crippen molar-refractivity contribution in [1.29, 1.82) is 0 Å². The van der Waals surface area contributed by atoms with Crippen LogP contribution in [0.2, 0.25) is 0 Å². The van der Waals surface area contributed by atoms with Crippen molar-refractivity contribution in [2.24, 2.45) is 0 Å². The average molecular weight is 359 g/mol. The van der Waals surface area contributed by atoms with Crippen LogP contribution in [0.1, 0.15) is 12.5 Å². The molecule has 0 aromatic heterocycles. The van der Waals surface area contributed by atoms with Crippen LogP contribution in [0.25, 0.3) is 0 Å². The molecule has 1 aliphatic rings. The van der Waals surface area contributed by atoms with Gasteiger partial charge in [0, 0.05) is 13.0 Å². The van der Waals surface area contributed by atoms with Crippen LogP contribution in [0, 0.1) is 5.82 Å². The average Bonchev–Trinajstić information content (AvgIpc) is 3.00. The number of nitrogens with zero attached hydrogens (tertiary/aromatic N) is 1. The Morgan fingerprint density at radius 3 is 2.73 bits per heavy atom. The van der Waals surface area contributed by atoms with Crippen molar-refractivity contribution >= 4 is 17.7 Å². The zero-order valence-corrected chi connectivity index (χ0v) is 14.2. The number of amides is 1. The molecule has 1 fully saturated rings. The number of hydrogen-bond donors (Lipinski definition) is 0. The second-order valence-electron chi connectivity index (χ2n) is 5.81. The lowest BCUT2D eigenvalue weighted by atomic mass is 10.2. The lowest BCUT2D eigenvalue weighted by molar-refractivity contribution is -0.143. The van der Waals surface area contributed by atoms with Gasteiger partial charge < -0.3 is 14.2 Å². The van der Waals surface area contributed by atoms with Gasteiger partial charge in [0.2, 0.25) is 0 Å². The Balaban J connectivity index is 1.63. The molecule has 1 unspecified atom stereocenters. The van der Waals surface area contributed by atoms with Crippen LogP contribution < -0.4 is 9.64 Å². The minimum atomic E-state index is -0.612. The monoisotopic (exact) mass is 359 g/mol. The summed E-state index contributed by atoms with van der Waals surface area (Å²) in [6, 6.07) is 13.7. The Kier molecular flexibility index (Phi) is 5.36. The first-order chi connectivity index (χ1) is 12.5. The van der Waals surface area contributed by atoms with Gasteiger partial charge in [0.25, 0.3) is 0 Å². The number of cyclic esters (lactones) is 1. The predicted molar refractivity (Wildman–Crippen MR) is 91.4 cm³/mol. The smallest absolute Gasteiger partial charge is 0.414 e. The first kappa shape index (κ1) is 17.7. The molecule has 1 amide bonds. The van der Waals surface area contributed by atoms with Gasteiger partial charge in [-0.05, 0) is 17.7 Å². The Bertz CT molecular complexity index is 796. The van der Waals surface area contributed by atoms with Crippen molar-refractivity contribution in [1.82, 2.24) is 0 Å². The highest BCUT2D eigenvalue weighted by Gasteiger charge is 2.33. The van der Waals surface area contributed by atoms with Gasteiger partial charge in [-0.15, -0.1) is 0 Å². The normalized spacial score (nSPS) is 16.3. The van der Waals surface area contributed by atoms with Gasteiger partial charge in [-0.3, -0.25) is 9.69 Å². The molecule has 7 heteroatoms. The summed E-state index contributed by atoms with van der Waals surface area (Å²) in [6.07, 6.45) is -1.19. The zero-order valence-electron chi connectivity index (χ0n) is 14.2. The Hall–Kier alpha value is -3.09. The summed E-state index contributed by atoms with van der Waals surface area (Å²) in [5, 5.41) is 0. The molecule has 1 aliphatic heterocycles. The van der Waals surface area contributed by atoms with E-state index in [1.165, 1.54) is 24.0 Å². The topological polar surface area (TPSA) is 65.1 Å². The maximum absolute atomic E-state index is 14.3. The molecule has 0 aliphatic carbocycles. The number of anilines is 1. The van der Waals surface area contributed by atoms with E-state index in [1.807, 2.05) is 30.3 Å². The van der Waals surface area contributed by atoms with E-state index in [0.29, 0.717) is 5.69 Å². The molecule has 1 saturated heterocycles. The first-order valence-corrected chi connectivity index (χ1v) is 8.10. The molecular weight excluding hydrogens is 341 g/mol. The van der Waals surface area contributed by atoms with E-state index in [1.54, 1.807) is 6.07 Å². The highest BCUT2D eigenvalue weighted by atomic mass is 19.1. The molecule has 1 heterocycles. The van der Waals surface area contributed by atoms with Crippen molar-refractivity contribution in [2.45, 2.75) is 19.6 Å². The lowest BCUT2D eigenvalue weighted by Gasteiger charge is -2.14. The van der Waals surface area contributed by atoms with Crippen molar-refractivity contribution in [3.05, 3.63) is 59.9 Å². The summed E-state index contributed by atoms with van der Waals surface area (Å²) in [4.78, 5) is 24.1. The fourth-order valence-corrected chi connectivity index (χ4v) is 2.54. The van der Waals surface area contributed by atoms with Gasteiger partial charge in [0.05, 0.1) is 12.2 Å². The molecular formula is C19H18FNO5. The maximum atomic E-state index is 14.3. The summed E-state index contributed by atoms with van der Waals surface area (Å²) in [7, 11) is 0. The summed E-state index contributed by atoms with van der Waals surface area (Å²) < 4.78 is 29.7. The first-order valence-electron chi connectivity index (χ1n) is 8.10. The third kappa shape index (κ3) is 4.30. The quantitative estimate of drug-likeness (QED) is 0.741. The molecule has 0 radical (unpaired) electrons. The number of benzene rings is 2. The van der Waals surface area contributed by atoms with Gasteiger partial charge in [-0.2, -0.15) is 0 Å². The Labute approximate surface area is 150 Å². The molecule has 0 N–H and O–H groups in total. The van der Waals surface area contributed by atoms with Gasteiger partial charge in [0.15, 0.2) is 17.7 Å². The molecule has 0 spiro atoms. The largest absolute Gasteiger partial charge is 0.486 e. The van der Waals surface area contributed by atoms with Gasteiger partial charge >= 0.3 is 12.1 Å². The van der Waals surface area contributed by atoms with Crippen LogP contribution in [0.5, 0.6) is 5.75 Å². The number of ether oxygens (including phenoxy) is 3.